The maximum atomic E-state index is 14.1. The van der Waals surface area contributed by atoms with Gasteiger partial charge in [0.2, 0.25) is 10.0 Å². The van der Waals surface area contributed by atoms with E-state index >= 15 is 0 Å². The zero-order valence-corrected chi connectivity index (χ0v) is 12.7. The third-order valence-electron chi connectivity index (χ3n) is 4.34. The molecule has 0 bridgehead atoms. The van der Waals surface area contributed by atoms with Gasteiger partial charge in [-0.2, -0.15) is 4.31 Å². The van der Waals surface area contributed by atoms with Gasteiger partial charge in [0.15, 0.2) is 0 Å². The van der Waals surface area contributed by atoms with Crippen molar-refractivity contribution in [3.05, 3.63) is 23.5 Å². The van der Waals surface area contributed by atoms with E-state index < -0.39 is 15.8 Å². The predicted molar refractivity (Wildman–Crippen MR) is 76.8 cm³/mol. The Balaban J connectivity index is 2.02. The first kappa shape index (κ1) is 14.7. The van der Waals surface area contributed by atoms with Crippen molar-refractivity contribution < 1.29 is 17.5 Å². The summed E-state index contributed by atoms with van der Waals surface area (Å²) in [5.74, 6) is -0.747. The van der Waals surface area contributed by atoms with Gasteiger partial charge in [0.25, 0.3) is 0 Å². The number of hydrogen-bond acceptors (Lipinski definition) is 4. The standard InChI is InChI=1S/C14H19FN2O3S/c1-9-7-10(15)14(8-11(9)16)21(18,19)17-5-6-20-13-4-2-3-12(13)17/h7-8,12-13H,2-6,16H2,1H3. The van der Waals surface area contributed by atoms with E-state index in [0.29, 0.717) is 12.2 Å². The van der Waals surface area contributed by atoms with E-state index in [2.05, 4.69) is 0 Å². The summed E-state index contributed by atoms with van der Waals surface area (Å²) in [4.78, 5) is -0.335. The van der Waals surface area contributed by atoms with Gasteiger partial charge in [-0.15, -0.1) is 0 Å². The molecule has 2 unspecified atom stereocenters. The number of rotatable bonds is 2. The summed E-state index contributed by atoms with van der Waals surface area (Å²) >= 11 is 0. The molecule has 1 heterocycles. The highest BCUT2D eigenvalue weighted by Crippen LogP contribution is 2.34. The zero-order chi connectivity index (χ0) is 15.2. The van der Waals surface area contributed by atoms with Crippen LogP contribution in [0, 0.1) is 12.7 Å². The van der Waals surface area contributed by atoms with Crippen LogP contribution in [0.3, 0.4) is 0 Å². The number of nitrogen functional groups attached to an aromatic ring is 1. The summed E-state index contributed by atoms with van der Waals surface area (Å²) in [6, 6.07) is 2.21. The van der Waals surface area contributed by atoms with Gasteiger partial charge in [0, 0.05) is 12.2 Å². The number of sulfonamides is 1. The molecule has 0 amide bonds. The first-order chi connectivity index (χ1) is 9.91. The number of benzene rings is 1. The lowest BCUT2D eigenvalue weighted by atomic mass is 10.2. The summed E-state index contributed by atoms with van der Waals surface area (Å²) in [5.41, 5.74) is 6.57. The number of ether oxygens (including phenoxy) is 1. The minimum atomic E-state index is -3.89. The van der Waals surface area contributed by atoms with E-state index in [1.807, 2.05) is 0 Å². The lowest BCUT2D eigenvalue weighted by Gasteiger charge is -2.36. The number of aryl methyl sites for hydroxylation is 1. The fourth-order valence-corrected chi connectivity index (χ4v) is 4.93. The Labute approximate surface area is 123 Å². The van der Waals surface area contributed by atoms with E-state index in [9.17, 15) is 12.8 Å². The number of nitrogens with zero attached hydrogens (tertiary/aromatic N) is 1. The van der Waals surface area contributed by atoms with Crippen molar-refractivity contribution >= 4 is 15.7 Å². The first-order valence-corrected chi connectivity index (χ1v) is 8.54. The van der Waals surface area contributed by atoms with Crippen molar-refractivity contribution in [3.63, 3.8) is 0 Å². The summed E-state index contributed by atoms with van der Waals surface area (Å²) < 4.78 is 46.7. The Kier molecular flexibility index (Phi) is 3.67. The molecular formula is C14H19FN2O3S. The fraction of sp³-hybridized carbons (Fsp3) is 0.571. The van der Waals surface area contributed by atoms with Crippen molar-refractivity contribution in [1.82, 2.24) is 4.31 Å². The maximum absolute atomic E-state index is 14.1. The maximum Gasteiger partial charge on any atom is 0.246 e. The molecule has 2 aliphatic rings. The second-order valence-electron chi connectivity index (χ2n) is 5.66. The number of morpholine rings is 1. The molecule has 116 valence electrons. The zero-order valence-electron chi connectivity index (χ0n) is 11.9. The lowest BCUT2D eigenvalue weighted by Crippen LogP contribution is -2.51. The Morgan fingerprint density at radius 3 is 2.90 bits per heavy atom. The van der Waals surface area contributed by atoms with E-state index in [4.69, 9.17) is 10.5 Å². The Bertz CT molecular complexity index is 662. The molecule has 1 aromatic rings. The molecule has 1 aliphatic heterocycles. The van der Waals surface area contributed by atoms with Gasteiger partial charge in [-0.25, -0.2) is 12.8 Å². The van der Waals surface area contributed by atoms with Crippen molar-refractivity contribution in [2.24, 2.45) is 0 Å². The van der Waals surface area contributed by atoms with Crippen LogP contribution in [0.1, 0.15) is 24.8 Å². The molecule has 5 nitrogen and oxygen atoms in total. The highest BCUT2D eigenvalue weighted by Gasteiger charge is 2.43. The monoisotopic (exact) mass is 314 g/mol. The molecular weight excluding hydrogens is 295 g/mol. The molecule has 2 atom stereocenters. The fourth-order valence-electron chi connectivity index (χ4n) is 3.18. The molecule has 0 spiro atoms. The van der Waals surface area contributed by atoms with Crippen LogP contribution in [0.15, 0.2) is 17.0 Å². The van der Waals surface area contributed by atoms with Crippen molar-refractivity contribution in [2.45, 2.75) is 43.2 Å². The number of halogens is 1. The highest BCUT2D eigenvalue weighted by atomic mass is 32.2. The molecule has 1 aliphatic carbocycles. The molecule has 2 N–H and O–H groups in total. The molecule has 1 saturated carbocycles. The van der Waals surface area contributed by atoms with Gasteiger partial charge in [0.05, 0.1) is 18.8 Å². The average Bonchev–Trinajstić information content (AvgIpc) is 2.90. The van der Waals surface area contributed by atoms with E-state index in [-0.39, 0.29) is 29.3 Å². The average molecular weight is 314 g/mol. The van der Waals surface area contributed by atoms with Crippen LogP contribution in [0.2, 0.25) is 0 Å². The van der Waals surface area contributed by atoms with Crippen molar-refractivity contribution in [2.75, 3.05) is 18.9 Å². The van der Waals surface area contributed by atoms with Crippen LogP contribution in [-0.4, -0.2) is 38.0 Å². The molecule has 2 fully saturated rings. The Morgan fingerprint density at radius 2 is 2.14 bits per heavy atom. The molecule has 0 radical (unpaired) electrons. The van der Waals surface area contributed by atoms with E-state index in [1.54, 1.807) is 6.92 Å². The Morgan fingerprint density at radius 1 is 1.38 bits per heavy atom. The molecule has 3 rings (SSSR count). The minimum Gasteiger partial charge on any atom is -0.398 e. The number of nitrogens with two attached hydrogens (primary N) is 1. The van der Waals surface area contributed by atoms with E-state index in [1.165, 1.54) is 16.4 Å². The number of anilines is 1. The topological polar surface area (TPSA) is 72.6 Å². The number of fused-ring (bicyclic) bond motifs is 1. The predicted octanol–water partition coefficient (Wildman–Crippen LogP) is 1.66. The lowest BCUT2D eigenvalue weighted by molar-refractivity contribution is -0.0242. The molecule has 21 heavy (non-hydrogen) atoms. The van der Waals surface area contributed by atoms with Crippen LogP contribution < -0.4 is 5.73 Å². The van der Waals surface area contributed by atoms with Gasteiger partial charge in [-0.1, -0.05) is 0 Å². The van der Waals surface area contributed by atoms with Gasteiger partial charge < -0.3 is 10.5 Å². The van der Waals surface area contributed by atoms with Crippen molar-refractivity contribution in [3.8, 4) is 0 Å². The largest absolute Gasteiger partial charge is 0.398 e. The second-order valence-corrected chi connectivity index (χ2v) is 7.52. The third kappa shape index (κ3) is 2.43. The first-order valence-electron chi connectivity index (χ1n) is 7.10. The van der Waals surface area contributed by atoms with Crippen LogP contribution in [0.5, 0.6) is 0 Å². The van der Waals surface area contributed by atoms with Gasteiger partial charge in [-0.05, 0) is 43.9 Å². The van der Waals surface area contributed by atoms with Crippen LogP contribution in [0.4, 0.5) is 10.1 Å². The van der Waals surface area contributed by atoms with Crippen LogP contribution in [-0.2, 0) is 14.8 Å². The molecule has 7 heteroatoms. The number of hydrogen-bond donors (Lipinski definition) is 1. The summed E-state index contributed by atoms with van der Waals surface area (Å²) in [7, 11) is -3.89. The minimum absolute atomic E-state index is 0.0700. The van der Waals surface area contributed by atoms with Crippen molar-refractivity contribution in [1.29, 1.82) is 0 Å². The van der Waals surface area contributed by atoms with Crippen LogP contribution in [0.25, 0.3) is 0 Å². The van der Waals surface area contributed by atoms with Crippen LogP contribution >= 0.6 is 0 Å². The van der Waals surface area contributed by atoms with Gasteiger partial charge >= 0.3 is 0 Å². The third-order valence-corrected chi connectivity index (χ3v) is 6.28. The van der Waals surface area contributed by atoms with Gasteiger partial charge in [0.1, 0.15) is 10.7 Å². The Hall–Kier alpha value is -1.18. The molecule has 1 saturated heterocycles. The highest BCUT2D eigenvalue weighted by molar-refractivity contribution is 7.89. The molecule has 1 aromatic carbocycles. The normalized spacial score (nSPS) is 26.8. The summed E-state index contributed by atoms with van der Waals surface area (Å²) in [6.07, 6.45) is 2.47. The quantitative estimate of drug-likeness (QED) is 0.843. The van der Waals surface area contributed by atoms with Gasteiger partial charge in [-0.3, -0.25) is 0 Å². The smallest absolute Gasteiger partial charge is 0.246 e. The molecule has 0 aromatic heterocycles. The SMILES string of the molecule is Cc1cc(F)c(S(=O)(=O)N2CCOC3CCCC32)cc1N. The summed E-state index contributed by atoms with van der Waals surface area (Å²) in [6.45, 7) is 2.26. The summed E-state index contributed by atoms with van der Waals surface area (Å²) in [5, 5.41) is 0. The van der Waals surface area contributed by atoms with E-state index in [0.717, 1.165) is 19.3 Å². The second kappa shape index (κ2) is 5.23.